The van der Waals surface area contributed by atoms with Crippen molar-refractivity contribution >= 4 is 27.1 Å². The number of rotatable bonds is 6. The van der Waals surface area contributed by atoms with Crippen LogP contribution in [-0.4, -0.2) is 21.0 Å². The Morgan fingerprint density at radius 1 is 0.970 bits per heavy atom. The number of esters is 1. The van der Waals surface area contributed by atoms with Gasteiger partial charge in [0.15, 0.2) is 0 Å². The van der Waals surface area contributed by atoms with Crippen LogP contribution in [0.25, 0.3) is 22.1 Å². The maximum atomic E-state index is 13.3. The summed E-state index contributed by atoms with van der Waals surface area (Å²) in [7, 11) is -4.11. The quantitative estimate of drug-likeness (QED) is 0.301. The second kappa shape index (κ2) is 8.91. The van der Waals surface area contributed by atoms with Crippen LogP contribution in [0.1, 0.15) is 23.0 Å². The Morgan fingerprint density at radius 2 is 1.67 bits per heavy atom. The molecule has 4 aromatic rings. The Balaban J connectivity index is 1.83. The van der Waals surface area contributed by atoms with Crippen LogP contribution in [0.4, 0.5) is 0 Å². The lowest BCUT2D eigenvalue weighted by atomic mass is 10.0. The van der Waals surface area contributed by atoms with Gasteiger partial charge < -0.3 is 13.3 Å². The fraction of sp³-hybridized carbons (Fsp3) is 0.120. The summed E-state index contributed by atoms with van der Waals surface area (Å²) < 4.78 is 41.3. The minimum atomic E-state index is -4.11. The molecule has 1 aromatic heterocycles. The van der Waals surface area contributed by atoms with Gasteiger partial charge in [0.25, 0.3) is 0 Å². The third-order valence-electron chi connectivity index (χ3n) is 4.90. The molecule has 8 heteroatoms. The summed E-state index contributed by atoms with van der Waals surface area (Å²) in [4.78, 5) is 25.8. The van der Waals surface area contributed by atoms with Crippen LogP contribution in [0.2, 0.25) is 0 Å². The van der Waals surface area contributed by atoms with Crippen LogP contribution in [0.15, 0.2) is 86.9 Å². The van der Waals surface area contributed by atoms with Crippen molar-refractivity contribution in [2.75, 3.05) is 6.61 Å². The van der Waals surface area contributed by atoms with E-state index in [1.54, 1.807) is 49.4 Å². The molecule has 0 saturated carbocycles. The Morgan fingerprint density at radius 3 is 2.33 bits per heavy atom. The third-order valence-corrected chi connectivity index (χ3v) is 6.16. The van der Waals surface area contributed by atoms with Crippen molar-refractivity contribution in [2.45, 2.75) is 18.7 Å². The van der Waals surface area contributed by atoms with E-state index >= 15 is 0 Å². The molecule has 0 aliphatic rings. The van der Waals surface area contributed by atoms with Crippen molar-refractivity contribution in [2.24, 2.45) is 0 Å². The van der Waals surface area contributed by atoms with Gasteiger partial charge in [0.2, 0.25) is 11.2 Å². The molecule has 0 unspecified atom stereocenters. The number of hydrogen-bond acceptors (Lipinski definition) is 7. The maximum absolute atomic E-state index is 13.3. The number of benzene rings is 3. The molecule has 0 spiro atoms. The monoisotopic (exact) mass is 464 g/mol. The van der Waals surface area contributed by atoms with Gasteiger partial charge in [0, 0.05) is 6.07 Å². The summed E-state index contributed by atoms with van der Waals surface area (Å²) in [5, 5.41) is 0.169. The topological polar surface area (TPSA) is 99.9 Å². The number of ether oxygens (including phenoxy) is 1. The first-order valence-electron chi connectivity index (χ1n) is 10.1. The number of aryl methyl sites for hydroxylation is 1. The van der Waals surface area contributed by atoms with E-state index in [0.717, 1.165) is 5.56 Å². The highest BCUT2D eigenvalue weighted by Gasteiger charge is 2.24. The summed E-state index contributed by atoms with van der Waals surface area (Å²) in [6, 6.07) is 18.9. The van der Waals surface area contributed by atoms with Crippen molar-refractivity contribution in [1.29, 1.82) is 0 Å². The fourth-order valence-electron chi connectivity index (χ4n) is 3.31. The highest BCUT2D eigenvalue weighted by Crippen LogP contribution is 2.28. The predicted octanol–water partition coefficient (Wildman–Crippen LogP) is 4.71. The van der Waals surface area contributed by atoms with Gasteiger partial charge in [-0.05, 0) is 43.7 Å². The zero-order valence-electron chi connectivity index (χ0n) is 17.9. The first kappa shape index (κ1) is 22.3. The molecule has 0 saturated heterocycles. The van der Waals surface area contributed by atoms with Crippen LogP contribution in [0, 0.1) is 6.92 Å². The van der Waals surface area contributed by atoms with Crippen molar-refractivity contribution < 1.29 is 26.5 Å². The lowest BCUT2D eigenvalue weighted by molar-refractivity contribution is 0.0492. The van der Waals surface area contributed by atoms with Gasteiger partial charge in [0.05, 0.1) is 17.6 Å². The molecule has 168 valence electrons. The SMILES string of the molecule is CCOC(=O)c1oc2cc(OS(=O)(=O)c3ccc(C)cc3)ccc2c(=O)c1-c1ccccc1. The van der Waals surface area contributed by atoms with Crippen molar-refractivity contribution in [3.63, 3.8) is 0 Å². The van der Waals surface area contributed by atoms with Gasteiger partial charge in [-0.1, -0.05) is 48.0 Å². The van der Waals surface area contributed by atoms with Crippen LogP contribution in [0.5, 0.6) is 5.75 Å². The van der Waals surface area contributed by atoms with Gasteiger partial charge in [-0.15, -0.1) is 0 Å². The summed E-state index contributed by atoms with van der Waals surface area (Å²) in [6.45, 7) is 3.57. The fourth-order valence-corrected chi connectivity index (χ4v) is 4.24. The Bertz CT molecular complexity index is 1490. The van der Waals surface area contributed by atoms with E-state index in [1.165, 1.54) is 30.3 Å². The molecule has 0 N–H and O–H groups in total. The van der Waals surface area contributed by atoms with E-state index in [2.05, 4.69) is 0 Å². The summed E-state index contributed by atoms with van der Waals surface area (Å²) in [6.07, 6.45) is 0. The third kappa shape index (κ3) is 4.51. The summed E-state index contributed by atoms with van der Waals surface area (Å²) in [5.41, 5.74) is 1.03. The largest absolute Gasteiger partial charge is 0.460 e. The second-order valence-corrected chi connectivity index (χ2v) is 8.78. The minimum Gasteiger partial charge on any atom is -0.460 e. The number of carbonyl (C=O) groups is 1. The van der Waals surface area contributed by atoms with Crippen molar-refractivity contribution in [3.8, 4) is 16.9 Å². The first-order valence-corrected chi connectivity index (χ1v) is 11.6. The molecular weight excluding hydrogens is 444 g/mol. The first-order chi connectivity index (χ1) is 15.8. The maximum Gasteiger partial charge on any atom is 0.375 e. The van der Waals surface area contributed by atoms with E-state index in [-0.39, 0.29) is 39.5 Å². The van der Waals surface area contributed by atoms with Crippen molar-refractivity contribution in [1.82, 2.24) is 0 Å². The molecule has 4 rings (SSSR count). The van der Waals surface area contributed by atoms with Gasteiger partial charge in [-0.3, -0.25) is 4.79 Å². The standard InChI is InChI=1S/C25H20O7S/c1-3-30-25(27)24-22(17-7-5-4-6-8-17)23(26)20-14-11-18(15-21(20)31-24)32-33(28,29)19-12-9-16(2)10-13-19/h4-15H,3H2,1-2H3. The molecule has 33 heavy (non-hydrogen) atoms. The second-order valence-electron chi connectivity index (χ2n) is 7.23. The molecule has 0 amide bonds. The highest BCUT2D eigenvalue weighted by atomic mass is 32.2. The smallest absolute Gasteiger partial charge is 0.375 e. The Kier molecular flexibility index (Phi) is 6.02. The Hall–Kier alpha value is -3.91. The van der Waals surface area contributed by atoms with E-state index in [0.29, 0.717) is 5.56 Å². The van der Waals surface area contributed by atoms with Gasteiger partial charge in [-0.25, -0.2) is 4.79 Å². The lowest BCUT2D eigenvalue weighted by Gasteiger charge is -2.11. The van der Waals surface area contributed by atoms with Crippen LogP contribution < -0.4 is 9.61 Å². The molecule has 1 heterocycles. The zero-order valence-corrected chi connectivity index (χ0v) is 18.7. The number of hydrogen-bond donors (Lipinski definition) is 0. The van der Waals surface area contributed by atoms with Crippen molar-refractivity contribution in [3.05, 3.63) is 94.3 Å². The van der Waals surface area contributed by atoms with Gasteiger partial charge in [0.1, 0.15) is 16.2 Å². The summed E-state index contributed by atoms with van der Waals surface area (Å²) >= 11 is 0. The molecular formula is C25H20O7S. The summed E-state index contributed by atoms with van der Waals surface area (Å²) in [5.74, 6) is -1.12. The highest BCUT2D eigenvalue weighted by molar-refractivity contribution is 7.87. The van der Waals surface area contributed by atoms with E-state index < -0.39 is 21.5 Å². The predicted molar refractivity (Wildman–Crippen MR) is 123 cm³/mol. The van der Waals surface area contributed by atoms with Crippen LogP contribution in [-0.2, 0) is 14.9 Å². The van der Waals surface area contributed by atoms with E-state index in [1.807, 2.05) is 6.92 Å². The average Bonchev–Trinajstić information content (AvgIpc) is 2.79. The molecule has 0 bridgehead atoms. The molecule has 0 radical (unpaired) electrons. The van der Waals surface area contributed by atoms with Gasteiger partial charge in [-0.2, -0.15) is 8.42 Å². The molecule has 7 nitrogen and oxygen atoms in total. The lowest BCUT2D eigenvalue weighted by Crippen LogP contribution is -2.15. The molecule has 0 fully saturated rings. The van der Waals surface area contributed by atoms with E-state index in [4.69, 9.17) is 13.3 Å². The number of carbonyl (C=O) groups excluding carboxylic acids is 1. The Labute approximate surface area is 190 Å². The van der Waals surface area contributed by atoms with Crippen LogP contribution >= 0.6 is 0 Å². The van der Waals surface area contributed by atoms with Crippen LogP contribution in [0.3, 0.4) is 0 Å². The normalized spacial score (nSPS) is 11.3. The van der Waals surface area contributed by atoms with Gasteiger partial charge >= 0.3 is 16.1 Å². The minimum absolute atomic E-state index is 0.000611. The number of fused-ring (bicyclic) bond motifs is 1. The zero-order chi connectivity index (χ0) is 23.6. The molecule has 0 atom stereocenters. The van der Waals surface area contributed by atoms with E-state index in [9.17, 15) is 18.0 Å². The molecule has 3 aromatic carbocycles. The molecule has 0 aliphatic carbocycles. The average molecular weight is 464 g/mol. The molecule has 0 aliphatic heterocycles.